The molecule has 1 saturated heterocycles. The fraction of sp³-hybridized carbons (Fsp3) is 0.375. The SMILES string of the molecule is Cc1ccc2[nH]c(C)c(CN3CCN(Cc4ccc5c(c4)OCO5)CC3)c(=O)c2c1. The molecule has 5 rings (SSSR count). The number of ether oxygens (including phenoxy) is 2. The van der Waals surface area contributed by atoms with Crippen LogP contribution in [0.2, 0.25) is 0 Å². The van der Waals surface area contributed by atoms with Crippen LogP contribution in [-0.2, 0) is 13.1 Å². The van der Waals surface area contributed by atoms with Crippen LogP contribution >= 0.6 is 0 Å². The van der Waals surface area contributed by atoms with Crippen LogP contribution in [0.15, 0.2) is 41.2 Å². The topological polar surface area (TPSA) is 57.8 Å². The molecule has 0 bridgehead atoms. The number of piperazine rings is 1. The molecule has 3 aromatic rings. The van der Waals surface area contributed by atoms with Crippen LogP contribution in [0.5, 0.6) is 11.5 Å². The highest BCUT2D eigenvalue weighted by Crippen LogP contribution is 2.32. The molecule has 3 heterocycles. The zero-order chi connectivity index (χ0) is 20.7. The van der Waals surface area contributed by atoms with Gasteiger partial charge in [-0.3, -0.25) is 14.6 Å². The van der Waals surface area contributed by atoms with E-state index in [1.165, 1.54) is 5.56 Å². The lowest BCUT2D eigenvalue weighted by Gasteiger charge is -2.34. The zero-order valence-electron chi connectivity index (χ0n) is 17.5. The van der Waals surface area contributed by atoms with E-state index >= 15 is 0 Å². The molecule has 1 aromatic heterocycles. The molecule has 1 N–H and O–H groups in total. The van der Waals surface area contributed by atoms with Gasteiger partial charge in [0.15, 0.2) is 16.9 Å². The summed E-state index contributed by atoms with van der Waals surface area (Å²) in [5.74, 6) is 1.67. The number of aromatic nitrogens is 1. The Morgan fingerprint density at radius 2 is 1.63 bits per heavy atom. The highest BCUT2D eigenvalue weighted by molar-refractivity contribution is 5.80. The summed E-state index contributed by atoms with van der Waals surface area (Å²) in [4.78, 5) is 21.4. The van der Waals surface area contributed by atoms with Crippen molar-refractivity contribution in [2.45, 2.75) is 26.9 Å². The number of nitrogens with zero attached hydrogens (tertiary/aromatic N) is 2. The number of fused-ring (bicyclic) bond motifs is 2. The van der Waals surface area contributed by atoms with Gasteiger partial charge in [-0.2, -0.15) is 0 Å². The molecule has 1 fully saturated rings. The van der Waals surface area contributed by atoms with Crippen LogP contribution in [0.4, 0.5) is 0 Å². The Hall–Kier alpha value is -2.83. The van der Waals surface area contributed by atoms with Crippen molar-refractivity contribution >= 4 is 10.9 Å². The smallest absolute Gasteiger partial charge is 0.231 e. The predicted molar refractivity (Wildman–Crippen MR) is 117 cm³/mol. The normalized spacial score (nSPS) is 17.0. The van der Waals surface area contributed by atoms with E-state index in [0.717, 1.165) is 71.9 Å². The van der Waals surface area contributed by atoms with Gasteiger partial charge in [0.2, 0.25) is 6.79 Å². The molecule has 0 aliphatic carbocycles. The van der Waals surface area contributed by atoms with E-state index in [9.17, 15) is 4.79 Å². The summed E-state index contributed by atoms with van der Waals surface area (Å²) >= 11 is 0. The number of rotatable bonds is 4. The van der Waals surface area contributed by atoms with Crippen LogP contribution in [0.3, 0.4) is 0 Å². The lowest BCUT2D eigenvalue weighted by atomic mass is 10.1. The second-order valence-electron chi connectivity index (χ2n) is 8.35. The molecule has 0 amide bonds. The molecule has 6 heteroatoms. The average Bonchev–Trinajstić information content (AvgIpc) is 3.21. The second-order valence-corrected chi connectivity index (χ2v) is 8.35. The fourth-order valence-electron chi connectivity index (χ4n) is 4.38. The third-order valence-electron chi connectivity index (χ3n) is 6.16. The van der Waals surface area contributed by atoms with Gasteiger partial charge in [0.05, 0.1) is 0 Å². The summed E-state index contributed by atoms with van der Waals surface area (Å²) in [6.45, 7) is 9.82. The summed E-state index contributed by atoms with van der Waals surface area (Å²) in [5.41, 5.74) is 5.29. The number of benzene rings is 2. The minimum atomic E-state index is 0.160. The Morgan fingerprint density at radius 1 is 0.900 bits per heavy atom. The van der Waals surface area contributed by atoms with E-state index in [2.05, 4.69) is 26.9 Å². The van der Waals surface area contributed by atoms with E-state index in [4.69, 9.17) is 9.47 Å². The summed E-state index contributed by atoms with van der Waals surface area (Å²) in [5, 5.41) is 0.789. The lowest BCUT2D eigenvalue weighted by Crippen LogP contribution is -2.46. The number of nitrogens with one attached hydrogen (secondary N) is 1. The highest BCUT2D eigenvalue weighted by Gasteiger charge is 2.21. The Labute approximate surface area is 176 Å². The maximum Gasteiger partial charge on any atom is 0.231 e. The molecule has 0 unspecified atom stereocenters. The van der Waals surface area contributed by atoms with Gasteiger partial charge >= 0.3 is 0 Å². The molecule has 0 spiro atoms. The molecule has 6 nitrogen and oxygen atoms in total. The maximum atomic E-state index is 13.1. The quantitative estimate of drug-likeness (QED) is 0.723. The number of aryl methyl sites for hydroxylation is 2. The number of pyridine rings is 1. The molecule has 2 aliphatic heterocycles. The van der Waals surface area contributed by atoms with Crippen molar-refractivity contribution in [2.24, 2.45) is 0 Å². The van der Waals surface area contributed by atoms with Crippen molar-refractivity contribution in [3.63, 3.8) is 0 Å². The van der Waals surface area contributed by atoms with Gasteiger partial charge in [-0.15, -0.1) is 0 Å². The second kappa shape index (κ2) is 7.78. The number of H-pyrrole nitrogens is 1. The van der Waals surface area contributed by atoms with E-state index in [1.807, 2.05) is 38.1 Å². The number of aromatic amines is 1. The van der Waals surface area contributed by atoms with E-state index in [-0.39, 0.29) is 5.43 Å². The van der Waals surface area contributed by atoms with Crippen LogP contribution < -0.4 is 14.9 Å². The third-order valence-corrected chi connectivity index (χ3v) is 6.16. The summed E-state index contributed by atoms with van der Waals surface area (Å²) < 4.78 is 10.9. The van der Waals surface area contributed by atoms with Crippen LogP contribution in [0.1, 0.15) is 22.4 Å². The van der Waals surface area contributed by atoms with E-state index in [0.29, 0.717) is 13.3 Å². The third kappa shape index (κ3) is 3.68. The molecule has 0 radical (unpaired) electrons. The van der Waals surface area contributed by atoms with Crippen molar-refractivity contribution in [2.75, 3.05) is 33.0 Å². The van der Waals surface area contributed by atoms with Crippen molar-refractivity contribution in [3.05, 3.63) is 69.0 Å². The molecular formula is C24H27N3O3. The van der Waals surface area contributed by atoms with Gasteiger partial charge in [-0.05, 0) is 43.7 Å². The van der Waals surface area contributed by atoms with E-state index < -0.39 is 0 Å². The largest absolute Gasteiger partial charge is 0.454 e. The standard InChI is InChI=1S/C24H27N3O3/c1-16-3-5-21-19(11-16)24(28)20(17(2)25-21)14-27-9-7-26(8-10-27)13-18-4-6-22-23(12-18)30-15-29-22/h3-6,11-12H,7-10,13-15H2,1-2H3,(H,25,28). The Morgan fingerprint density at radius 3 is 2.43 bits per heavy atom. The average molecular weight is 405 g/mol. The Kier molecular flexibility index (Phi) is 4.97. The van der Waals surface area contributed by atoms with Crippen molar-refractivity contribution in [1.29, 1.82) is 0 Å². The fourth-order valence-corrected chi connectivity index (χ4v) is 4.38. The van der Waals surface area contributed by atoms with Gasteiger partial charge in [0.1, 0.15) is 0 Å². The Balaban J connectivity index is 1.25. The van der Waals surface area contributed by atoms with Gasteiger partial charge < -0.3 is 14.5 Å². The van der Waals surface area contributed by atoms with Gasteiger partial charge in [0, 0.05) is 61.4 Å². The predicted octanol–water partition coefficient (Wildman–Crippen LogP) is 3.19. The van der Waals surface area contributed by atoms with E-state index in [1.54, 1.807) is 0 Å². The minimum Gasteiger partial charge on any atom is -0.454 e. The molecule has 2 aliphatic rings. The Bertz CT molecular complexity index is 1150. The lowest BCUT2D eigenvalue weighted by molar-refractivity contribution is 0.121. The molecule has 30 heavy (non-hydrogen) atoms. The van der Waals surface area contributed by atoms with Gasteiger partial charge in [0.25, 0.3) is 0 Å². The maximum absolute atomic E-state index is 13.1. The highest BCUT2D eigenvalue weighted by atomic mass is 16.7. The van der Waals surface area contributed by atoms with Crippen molar-refractivity contribution in [1.82, 2.24) is 14.8 Å². The first-order valence-electron chi connectivity index (χ1n) is 10.5. The van der Waals surface area contributed by atoms with Gasteiger partial charge in [-0.25, -0.2) is 0 Å². The van der Waals surface area contributed by atoms with Crippen LogP contribution in [0, 0.1) is 13.8 Å². The summed E-state index contributed by atoms with van der Waals surface area (Å²) in [7, 11) is 0. The van der Waals surface area contributed by atoms with Crippen molar-refractivity contribution in [3.8, 4) is 11.5 Å². The number of hydrogen-bond acceptors (Lipinski definition) is 5. The van der Waals surface area contributed by atoms with Crippen LogP contribution in [-0.4, -0.2) is 47.8 Å². The van der Waals surface area contributed by atoms with Crippen LogP contribution in [0.25, 0.3) is 10.9 Å². The minimum absolute atomic E-state index is 0.160. The monoisotopic (exact) mass is 405 g/mol. The first-order valence-corrected chi connectivity index (χ1v) is 10.5. The first-order chi connectivity index (χ1) is 14.6. The van der Waals surface area contributed by atoms with Gasteiger partial charge in [-0.1, -0.05) is 17.7 Å². The molecule has 2 aromatic carbocycles. The molecule has 0 atom stereocenters. The molecular weight excluding hydrogens is 378 g/mol. The molecule has 0 saturated carbocycles. The summed E-state index contributed by atoms with van der Waals surface area (Å²) in [6, 6.07) is 12.2. The van der Waals surface area contributed by atoms with Crippen molar-refractivity contribution < 1.29 is 9.47 Å². The molecule has 156 valence electrons. The zero-order valence-corrected chi connectivity index (χ0v) is 17.5. The number of hydrogen-bond donors (Lipinski definition) is 1. The first kappa shape index (κ1) is 19.2. The summed E-state index contributed by atoms with van der Waals surface area (Å²) in [6.07, 6.45) is 0.